The zero-order valence-electron chi connectivity index (χ0n) is 5.10. The lowest BCUT2D eigenvalue weighted by Gasteiger charge is -1.76. The van der Waals surface area contributed by atoms with Crippen LogP contribution in [0.2, 0.25) is 0 Å². The number of allylic oxidation sites excluding steroid dienone is 1. The lowest BCUT2D eigenvalue weighted by Crippen LogP contribution is -1.52. The van der Waals surface area contributed by atoms with E-state index in [-0.39, 0.29) is 0 Å². The van der Waals surface area contributed by atoms with E-state index in [0.29, 0.717) is 0 Å². The Bertz CT molecular complexity index is 212. The Labute approximate surface area is 67.3 Å². The fourth-order valence-corrected chi connectivity index (χ4v) is 1.98. The smallest absolute Gasteiger partial charge is 0.0288 e. The Morgan fingerprint density at radius 3 is 2.89 bits per heavy atom. The summed E-state index contributed by atoms with van der Waals surface area (Å²) in [7, 11) is 0. The summed E-state index contributed by atoms with van der Waals surface area (Å²) in [6, 6.07) is 2.10. The summed E-state index contributed by atoms with van der Waals surface area (Å²) < 4.78 is 1.17. The van der Waals surface area contributed by atoms with E-state index in [1.54, 1.807) is 11.3 Å². The monoisotopic (exact) mass is 202 g/mol. The highest BCUT2D eigenvalue weighted by Crippen LogP contribution is 2.20. The Balaban J connectivity index is 2.85. The zero-order chi connectivity index (χ0) is 6.69. The van der Waals surface area contributed by atoms with Crippen LogP contribution >= 0.6 is 27.3 Å². The zero-order valence-corrected chi connectivity index (χ0v) is 7.50. The molecule has 0 amide bonds. The van der Waals surface area contributed by atoms with Crippen molar-refractivity contribution in [2.45, 2.75) is 6.92 Å². The van der Waals surface area contributed by atoms with E-state index < -0.39 is 0 Å². The van der Waals surface area contributed by atoms with Gasteiger partial charge in [0, 0.05) is 14.7 Å². The Morgan fingerprint density at radius 2 is 2.44 bits per heavy atom. The van der Waals surface area contributed by atoms with Gasteiger partial charge in [-0.25, -0.2) is 0 Å². The maximum atomic E-state index is 3.38. The van der Waals surface area contributed by atoms with Gasteiger partial charge in [-0.2, -0.15) is 0 Å². The molecule has 0 N–H and O–H groups in total. The molecule has 2 heteroatoms. The van der Waals surface area contributed by atoms with Crippen molar-refractivity contribution < 1.29 is 0 Å². The van der Waals surface area contributed by atoms with Gasteiger partial charge in [-0.3, -0.25) is 0 Å². The second-order valence-corrected chi connectivity index (χ2v) is 3.53. The van der Waals surface area contributed by atoms with Gasteiger partial charge in [-0.15, -0.1) is 11.3 Å². The quantitative estimate of drug-likeness (QED) is 0.654. The van der Waals surface area contributed by atoms with Crippen LogP contribution in [0.5, 0.6) is 0 Å². The number of hydrogen-bond donors (Lipinski definition) is 0. The fraction of sp³-hybridized carbons (Fsp3) is 0.143. The van der Waals surface area contributed by atoms with Crippen molar-refractivity contribution in [2.75, 3.05) is 0 Å². The van der Waals surface area contributed by atoms with Gasteiger partial charge in [0.1, 0.15) is 0 Å². The van der Waals surface area contributed by atoms with Gasteiger partial charge < -0.3 is 0 Å². The molecule has 48 valence electrons. The van der Waals surface area contributed by atoms with Crippen molar-refractivity contribution >= 4 is 33.3 Å². The van der Waals surface area contributed by atoms with Gasteiger partial charge in [0.2, 0.25) is 0 Å². The molecule has 0 fully saturated rings. The minimum absolute atomic E-state index is 1.17. The molecular weight excluding hydrogens is 196 g/mol. The molecule has 0 aliphatic carbocycles. The summed E-state index contributed by atoms with van der Waals surface area (Å²) in [6.45, 7) is 2.02. The maximum absolute atomic E-state index is 3.38. The van der Waals surface area contributed by atoms with Gasteiger partial charge in [-0.05, 0) is 35.0 Å². The Kier molecular flexibility index (Phi) is 2.49. The molecule has 1 rings (SSSR count). The minimum atomic E-state index is 1.17. The van der Waals surface area contributed by atoms with Gasteiger partial charge in [0.05, 0.1) is 0 Å². The predicted molar refractivity (Wildman–Crippen MR) is 46.7 cm³/mol. The highest BCUT2D eigenvalue weighted by Gasteiger charge is 1.89. The lowest BCUT2D eigenvalue weighted by molar-refractivity contribution is 1.77. The molecule has 1 heterocycles. The third-order valence-corrected chi connectivity index (χ3v) is 2.58. The fourth-order valence-electron chi connectivity index (χ4n) is 0.580. The Morgan fingerprint density at radius 1 is 1.67 bits per heavy atom. The largest absolute Gasteiger partial charge is 0.143 e. The van der Waals surface area contributed by atoms with E-state index >= 15 is 0 Å². The van der Waals surface area contributed by atoms with Crippen LogP contribution in [0.15, 0.2) is 22.0 Å². The van der Waals surface area contributed by atoms with Crippen LogP contribution in [0.3, 0.4) is 0 Å². The van der Waals surface area contributed by atoms with E-state index in [1.165, 1.54) is 9.35 Å². The molecular formula is C7H7BrS. The maximum Gasteiger partial charge on any atom is 0.0288 e. The van der Waals surface area contributed by atoms with Crippen molar-refractivity contribution in [3.63, 3.8) is 0 Å². The average molecular weight is 203 g/mol. The van der Waals surface area contributed by atoms with Crippen molar-refractivity contribution in [1.82, 2.24) is 0 Å². The summed E-state index contributed by atoms with van der Waals surface area (Å²) in [5.74, 6) is 0. The molecule has 0 spiro atoms. The van der Waals surface area contributed by atoms with Crippen LogP contribution < -0.4 is 0 Å². The van der Waals surface area contributed by atoms with Crippen LogP contribution in [-0.4, -0.2) is 0 Å². The summed E-state index contributed by atoms with van der Waals surface area (Å²) in [4.78, 5) is 1.30. The molecule has 0 unspecified atom stereocenters. The van der Waals surface area contributed by atoms with E-state index in [2.05, 4.69) is 33.5 Å². The summed E-state index contributed by atoms with van der Waals surface area (Å²) in [6.07, 6.45) is 4.13. The third-order valence-electron chi connectivity index (χ3n) is 0.919. The highest BCUT2D eigenvalue weighted by atomic mass is 79.9. The van der Waals surface area contributed by atoms with E-state index in [9.17, 15) is 0 Å². The van der Waals surface area contributed by atoms with Crippen molar-refractivity contribution in [1.29, 1.82) is 0 Å². The van der Waals surface area contributed by atoms with Crippen molar-refractivity contribution in [2.24, 2.45) is 0 Å². The number of halogens is 1. The molecule has 0 aliphatic heterocycles. The van der Waals surface area contributed by atoms with Gasteiger partial charge >= 0.3 is 0 Å². The number of thiophene rings is 1. The second-order valence-electron chi connectivity index (χ2n) is 1.67. The third kappa shape index (κ3) is 1.95. The molecule has 0 atom stereocenters. The van der Waals surface area contributed by atoms with Gasteiger partial charge in [-0.1, -0.05) is 6.08 Å². The molecule has 0 saturated carbocycles. The first-order valence-electron chi connectivity index (χ1n) is 2.69. The summed E-state index contributed by atoms with van der Waals surface area (Å²) in [5, 5.41) is 2.08. The lowest BCUT2D eigenvalue weighted by atomic mass is 10.4. The van der Waals surface area contributed by atoms with Crippen LogP contribution in [0.25, 0.3) is 6.08 Å². The standard InChI is InChI=1S/C7H7BrS/c1-2-3-7-4-6(8)5-9-7/h2-5H,1H3. The predicted octanol–water partition coefficient (Wildman–Crippen LogP) is 3.54. The number of hydrogen-bond acceptors (Lipinski definition) is 1. The molecule has 0 radical (unpaired) electrons. The SMILES string of the molecule is CC=Cc1cc(Br)cs1. The van der Waals surface area contributed by atoms with Crippen molar-refractivity contribution in [3.05, 3.63) is 26.9 Å². The normalized spacial score (nSPS) is 10.9. The van der Waals surface area contributed by atoms with Crippen LogP contribution in [0.4, 0.5) is 0 Å². The van der Waals surface area contributed by atoms with Crippen molar-refractivity contribution in [3.8, 4) is 0 Å². The average Bonchev–Trinajstić information content (AvgIpc) is 2.17. The topological polar surface area (TPSA) is 0 Å². The molecule has 0 aliphatic rings. The summed E-state index contributed by atoms with van der Waals surface area (Å²) >= 11 is 5.12. The first kappa shape index (κ1) is 7.03. The molecule has 0 nitrogen and oxygen atoms in total. The van der Waals surface area contributed by atoms with E-state index in [1.807, 2.05) is 13.0 Å². The highest BCUT2D eigenvalue weighted by molar-refractivity contribution is 9.10. The van der Waals surface area contributed by atoms with Gasteiger partial charge in [0.15, 0.2) is 0 Å². The van der Waals surface area contributed by atoms with Crippen LogP contribution in [0, 0.1) is 0 Å². The molecule has 1 aromatic rings. The molecule has 0 aromatic carbocycles. The second kappa shape index (κ2) is 3.18. The van der Waals surface area contributed by atoms with E-state index in [0.717, 1.165) is 0 Å². The number of rotatable bonds is 1. The first-order valence-corrected chi connectivity index (χ1v) is 4.37. The molecule has 1 aromatic heterocycles. The molecule has 9 heavy (non-hydrogen) atoms. The summed E-state index contributed by atoms with van der Waals surface area (Å²) in [5.41, 5.74) is 0. The molecule has 0 saturated heterocycles. The van der Waals surface area contributed by atoms with E-state index in [4.69, 9.17) is 0 Å². The Hall–Kier alpha value is -0.0800. The first-order chi connectivity index (χ1) is 4.33. The molecule has 0 bridgehead atoms. The van der Waals surface area contributed by atoms with Crippen LogP contribution in [0.1, 0.15) is 11.8 Å². The minimum Gasteiger partial charge on any atom is -0.143 e. The van der Waals surface area contributed by atoms with Gasteiger partial charge in [0.25, 0.3) is 0 Å². The van der Waals surface area contributed by atoms with Crippen LogP contribution in [-0.2, 0) is 0 Å².